The minimum absolute atomic E-state index is 0.349. The van der Waals surface area contributed by atoms with Gasteiger partial charge in [0.05, 0.1) is 21.3 Å². The third kappa shape index (κ3) is 3.59. The monoisotopic (exact) mass is 412 g/mol. The molecule has 9 nitrogen and oxygen atoms in total. The van der Waals surface area contributed by atoms with E-state index in [0.717, 1.165) is 5.39 Å². The first-order chi connectivity index (χ1) is 14.1. The van der Waals surface area contributed by atoms with Crippen molar-refractivity contribution in [2.24, 2.45) is 0 Å². The van der Waals surface area contributed by atoms with Gasteiger partial charge in [-0.15, -0.1) is 0 Å². The third-order valence-corrected chi connectivity index (χ3v) is 4.38. The van der Waals surface area contributed by atoms with Crippen LogP contribution in [0.2, 0.25) is 5.15 Å². The molecular formula is C19H17ClN6O3. The van der Waals surface area contributed by atoms with E-state index in [4.69, 9.17) is 25.8 Å². The van der Waals surface area contributed by atoms with Crippen molar-refractivity contribution >= 4 is 34.3 Å². The van der Waals surface area contributed by atoms with Crippen LogP contribution in [0.3, 0.4) is 0 Å². The molecule has 29 heavy (non-hydrogen) atoms. The Balaban J connectivity index is 1.73. The van der Waals surface area contributed by atoms with E-state index in [0.29, 0.717) is 45.6 Å². The first-order valence-electron chi connectivity index (χ1n) is 8.53. The number of hydrogen-bond donors (Lipinski definition) is 1. The van der Waals surface area contributed by atoms with Gasteiger partial charge in [0.1, 0.15) is 5.15 Å². The maximum Gasteiger partial charge on any atom is 0.236 e. The average Bonchev–Trinajstić information content (AvgIpc) is 3.16. The number of nitrogens with one attached hydrogen (secondary N) is 1. The summed E-state index contributed by atoms with van der Waals surface area (Å²) in [5.41, 5.74) is 1.31. The maximum absolute atomic E-state index is 5.99. The second kappa shape index (κ2) is 7.80. The summed E-state index contributed by atoms with van der Waals surface area (Å²) in [6.07, 6.45) is 5.12. The number of hydrogen-bond acceptors (Lipinski definition) is 8. The zero-order valence-electron chi connectivity index (χ0n) is 15.9. The molecule has 0 saturated carbocycles. The molecule has 3 heterocycles. The van der Waals surface area contributed by atoms with E-state index in [2.05, 4.69) is 25.3 Å². The molecule has 0 atom stereocenters. The minimum Gasteiger partial charge on any atom is -0.493 e. The zero-order valence-corrected chi connectivity index (χ0v) is 16.6. The summed E-state index contributed by atoms with van der Waals surface area (Å²) in [4.78, 5) is 17.4. The lowest BCUT2D eigenvalue weighted by Gasteiger charge is -2.14. The molecule has 0 saturated heterocycles. The molecule has 0 amide bonds. The van der Waals surface area contributed by atoms with E-state index in [9.17, 15) is 0 Å². The van der Waals surface area contributed by atoms with Crippen molar-refractivity contribution in [3.63, 3.8) is 0 Å². The van der Waals surface area contributed by atoms with Gasteiger partial charge < -0.3 is 19.5 Å². The predicted molar refractivity (Wildman–Crippen MR) is 109 cm³/mol. The number of fused-ring (bicyclic) bond motifs is 1. The van der Waals surface area contributed by atoms with Gasteiger partial charge in [-0.25, -0.2) is 15.0 Å². The Morgan fingerprint density at radius 3 is 2.38 bits per heavy atom. The fraction of sp³-hybridized carbons (Fsp3) is 0.158. The Morgan fingerprint density at radius 2 is 1.72 bits per heavy atom. The molecule has 148 valence electrons. The summed E-state index contributed by atoms with van der Waals surface area (Å²) in [6.45, 7) is 0. The van der Waals surface area contributed by atoms with Crippen molar-refractivity contribution in [2.75, 3.05) is 26.6 Å². The summed E-state index contributed by atoms with van der Waals surface area (Å²) in [7, 11) is 4.67. The molecule has 0 aliphatic heterocycles. The molecule has 0 spiro atoms. The fourth-order valence-electron chi connectivity index (χ4n) is 2.87. The second-order valence-corrected chi connectivity index (χ2v) is 6.26. The average molecular weight is 413 g/mol. The number of rotatable bonds is 6. The highest BCUT2D eigenvalue weighted by Crippen LogP contribution is 2.40. The Labute approximate surface area is 171 Å². The highest BCUT2D eigenvalue weighted by molar-refractivity contribution is 6.29. The number of halogens is 1. The van der Waals surface area contributed by atoms with Crippen LogP contribution in [0.15, 0.2) is 42.9 Å². The molecule has 0 aliphatic carbocycles. The van der Waals surface area contributed by atoms with Crippen LogP contribution in [0.5, 0.6) is 17.2 Å². The molecule has 1 aromatic carbocycles. The first-order valence-corrected chi connectivity index (χ1v) is 8.90. The molecule has 1 N–H and O–H groups in total. The molecule has 0 radical (unpaired) electrons. The Hall–Kier alpha value is -3.59. The number of benzene rings is 1. The third-order valence-electron chi connectivity index (χ3n) is 4.17. The topological polar surface area (TPSA) is 96.2 Å². The van der Waals surface area contributed by atoms with E-state index >= 15 is 0 Å². The lowest BCUT2D eigenvalue weighted by atomic mass is 10.2. The Morgan fingerprint density at radius 1 is 0.966 bits per heavy atom. The largest absolute Gasteiger partial charge is 0.493 e. The van der Waals surface area contributed by atoms with Gasteiger partial charge in [-0.1, -0.05) is 11.6 Å². The molecule has 0 unspecified atom stereocenters. The second-order valence-electron chi connectivity index (χ2n) is 5.88. The quantitative estimate of drug-likeness (QED) is 0.479. The lowest BCUT2D eigenvalue weighted by Crippen LogP contribution is -2.03. The van der Waals surface area contributed by atoms with Gasteiger partial charge >= 0.3 is 0 Å². The summed E-state index contributed by atoms with van der Waals surface area (Å²) in [5.74, 6) is 2.35. The highest BCUT2D eigenvalue weighted by Gasteiger charge is 2.15. The van der Waals surface area contributed by atoms with Crippen molar-refractivity contribution in [3.05, 3.63) is 48.0 Å². The van der Waals surface area contributed by atoms with Crippen LogP contribution >= 0.6 is 11.6 Å². The molecular weight excluding hydrogens is 396 g/mol. The van der Waals surface area contributed by atoms with Gasteiger partial charge in [-0.05, 0) is 12.1 Å². The summed E-state index contributed by atoms with van der Waals surface area (Å²) < 4.78 is 17.9. The maximum atomic E-state index is 5.99. The summed E-state index contributed by atoms with van der Waals surface area (Å²) in [6, 6.07) is 7.04. The van der Waals surface area contributed by atoms with Crippen molar-refractivity contribution < 1.29 is 14.2 Å². The van der Waals surface area contributed by atoms with Gasteiger partial charge in [0.25, 0.3) is 0 Å². The van der Waals surface area contributed by atoms with E-state index in [-0.39, 0.29) is 0 Å². The Bertz CT molecular complexity index is 1150. The van der Waals surface area contributed by atoms with Gasteiger partial charge in [0.2, 0.25) is 17.6 Å². The SMILES string of the molecule is COc1cc(Nc2ncc3ccn(-c4nccc(Cl)n4)c3n2)cc(OC)c1OC. The van der Waals surface area contributed by atoms with Crippen LogP contribution in [-0.2, 0) is 0 Å². The van der Waals surface area contributed by atoms with Crippen LogP contribution in [0, 0.1) is 0 Å². The standard InChI is InChI=1S/C19H17ClN6O3/c1-27-13-8-12(9-14(28-2)16(13)29-3)23-18-22-10-11-5-7-26(17(11)25-18)19-21-6-4-15(20)24-19/h4-10H,1-3H3,(H,22,23,25). The fourth-order valence-corrected chi connectivity index (χ4v) is 3.00. The molecule has 3 aromatic heterocycles. The normalized spacial score (nSPS) is 10.8. The molecule has 0 aliphatic rings. The number of methoxy groups -OCH3 is 3. The predicted octanol–water partition coefficient (Wildman–Crippen LogP) is 3.63. The molecule has 4 rings (SSSR count). The van der Waals surface area contributed by atoms with Crippen LogP contribution < -0.4 is 19.5 Å². The van der Waals surface area contributed by atoms with Crippen molar-refractivity contribution in [1.29, 1.82) is 0 Å². The lowest BCUT2D eigenvalue weighted by molar-refractivity contribution is 0.324. The van der Waals surface area contributed by atoms with Crippen molar-refractivity contribution in [1.82, 2.24) is 24.5 Å². The smallest absolute Gasteiger partial charge is 0.236 e. The number of aromatic nitrogens is 5. The van der Waals surface area contributed by atoms with Gasteiger partial charge in [0, 0.05) is 41.8 Å². The Kier molecular flexibility index (Phi) is 5.05. The van der Waals surface area contributed by atoms with E-state index < -0.39 is 0 Å². The zero-order chi connectivity index (χ0) is 20.4. The first kappa shape index (κ1) is 18.8. The van der Waals surface area contributed by atoms with Crippen LogP contribution in [-0.4, -0.2) is 45.8 Å². The summed E-state index contributed by atoms with van der Waals surface area (Å²) >= 11 is 5.99. The van der Waals surface area contributed by atoms with Gasteiger partial charge in [-0.2, -0.15) is 4.98 Å². The van der Waals surface area contributed by atoms with Crippen LogP contribution in [0.1, 0.15) is 0 Å². The van der Waals surface area contributed by atoms with Crippen molar-refractivity contribution in [3.8, 4) is 23.2 Å². The summed E-state index contributed by atoms with van der Waals surface area (Å²) in [5, 5.41) is 4.34. The van der Waals surface area contributed by atoms with E-state index in [1.165, 1.54) is 0 Å². The molecule has 4 aromatic rings. The highest BCUT2D eigenvalue weighted by atomic mass is 35.5. The molecule has 10 heteroatoms. The number of ether oxygens (including phenoxy) is 3. The molecule has 0 bridgehead atoms. The van der Waals surface area contributed by atoms with Gasteiger partial charge in [0.15, 0.2) is 17.1 Å². The van der Waals surface area contributed by atoms with Gasteiger partial charge in [-0.3, -0.25) is 4.57 Å². The van der Waals surface area contributed by atoms with Crippen molar-refractivity contribution in [2.45, 2.75) is 0 Å². The minimum atomic E-state index is 0.349. The van der Waals surface area contributed by atoms with E-state index in [1.807, 2.05) is 12.3 Å². The van der Waals surface area contributed by atoms with Crippen LogP contribution in [0.4, 0.5) is 11.6 Å². The molecule has 0 fully saturated rings. The number of anilines is 2. The number of nitrogens with zero attached hydrogens (tertiary/aromatic N) is 5. The van der Waals surface area contributed by atoms with E-state index in [1.54, 1.807) is 56.5 Å². The van der Waals surface area contributed by atoms with Crippen LogP contribution in [0.25, 0.3) is 17.0 Å².